The Morgan fingerprint density at radius 2 is 2.15 bits per heavy atom. The van der Waals surface area contributed by atoms with Gasteiger partial charge in [-0.3, -0.25) is 4.90 Å². The van der Waals surface area contributed by atoms with Crippen LogP contribution in [0.4, 0.5) is 0 Å². The van der Waals surface area contributed by atoms with Crippen molar-refractivity contribution in [3.8, 4) is 0 Å². The summed E-state index contributed by atoms with van der Waals surface area (Å²) >= 11 is 0. The van der Waals surface area contributed by atoms with Gasteiger partial charge in [0.25, 0.3) is 0 Å². The number of nitrogens with zero attached hydrogens (tertiary/aromatic N) is 1. The maximum absolute atomic E-state index is 9.16. The minimum absolute atomic E-state index is 0.0936. The molecule has 112 valence electrons. The van der Waals surface area contributed by atoms with E-state index in [1.807, 2.05) is 0 Å². The summed E-state index contributed by atoms with van der Waals surface area (Å²) in [5.41, 5.74) is 8.90. The Balaban J connectivity index is 2.23. The molecule has 0 radical (unpaired) electrons. The Morgan fingerprint density at radius 1 is 1.40 bits per heavy atom. The fraction of sp³-hybridized carbons (Fsp3) is 0.647. The predicted molar refractivity (Wildman–Crippen MR) is 83.6 cm³/mol. The zero-order valence-corrected chi connectivity index (χ0v) is 12.8. The Kier molecular flexibility index (Phi) is 5.58. The molecule has 3 heteroatoms. The lowest BCUT2D eigenvalue weighted by molar-refractivity contribution is 0.0613. The molecule has 1 aliphatic rings. The zero-order valence-electron chi connectivity index (χ0n) is 12.8. The molecule has 0 amide bonds. The summed E-state index contributed by atoms with van der Waals surface area (Å²) in [5.74, 6) is 0. The lowest BCUT2D eigenvalue weighted by atomic mass is 9.87. The highest BCUT2D eigenvalue weighted by atomic mass is 16.3. The van der Waals surface area contributed by atoms with Gasteiger partial charge in [-0.2, -0.15) is 0 Å². The van der Waals surface area contributed by atoms with E-state index >= 15 is 0 Å². The number of aryl methyl sites for hydroxylation is 1. The van der Waals surface area contributed by atoms with Crippen LogP contribution in [0.2, 0.25) is 0 Å². The zero-order chi connectivity index (χ0) is 14.5. The molecule has 0 saturated heterocycles. The molecule has 1 fully saturated rings. The van der Waals surface area contributed by atoms with Gasteiger partial charge < -0.3 is 10.8 Å². The second kappa shape index (κ2) is 7.21. The molecule has 3 N–H and O–H groups in total. The van der Waals surface area contributed by atoms with Gasteiger partial charge in [-0.05, 0) is 38.7 Å². The van der Waals surface area contributed by atoms with E-state index in [-0.39, 0.29) is 18.7 Å². The van der Waals surface area contributed by atoms with E-state index in [1.54, 1.807) is 0 Å². The summed E-state index contributed by atoms with van der Waals surface area (Å²) in [5, 5.41) is 9.16. The monoisotopic (exact) mass is 276 g/mol. The number of rotatable bonds is 7. The summed E-state index contributed by atoms with van der Waals surface area (Å²) in [6.07, 6.45) is 4.67. The number of hydrogen-bond acceptors (Lipinski definition) is 3. The van der Waals surface area contributed by atoms with Crippen molar-refractivity contribution < 1.29 is 5.11 Å². The van der Waals surface area contributed by atoms with Crippen molar-refractivity contribution in [3.63, 3.8) is 0 Å². The average Bonchev–Trinajstić information content (AvgIpc) is 2.33. The molecule has 2 unspecified atom stereocenters. The average molecular weight is 276 g/mol. The van der Waals surface area contributed by atoms with Crippen molar-refractivity contribution in [2.45, 2.75) is 57.7 Å². The molecule has 3 nitrogen and oxygen atoms in total. The fourth-order valence-corrected chi connectivity index (χ4v) is 3.17. The van der Waals surface area contributed by atoms with Gasteiger partial charge in [0.05, 0.1) is 0 Å². The van der Waals surface area contributed by atoms with E-state index in [0.29, 0.717) is 6.04 Å². The molecular formula is C17H28N2O. The first-order valence-electron chi connectivity index (χ1n) is 7.82. The van der Waals surface area contributed by atoms with Crippen LogP contribution in [0, 0.1) is 6.92 Å². The Morgan fingerprint density at radius 3 is 2.65 bits per heavy atom. The summed E-state index contributed by atoms with van der Waals surface area (Å²) in [7, 11) is 0. The minimum atomic E-state index is 0.0936. The maximum Gasteiger partial charge on any atom is 0.0499 e. The van der Waals surface area contributed by atoms with Crippen LogP contribution < -0.4 is 5.73 Å². The third-order valence-corrected chi connectivity index (χ3v) is 4.36. The van der Waals surface area contributed by atoms with Gasteiger partial charge in [0, 0.05) is 31.3 Å². The second-order valence-corrected chi connectivity index (χ2v) is 6.12. The Bertz CT molecular complexity index is 415. The Hall–Kier alpha value is -0.900. The van der Waals surface area contributed by atoms with Crippen molar-refractivity contribution in [1.82, 2.24) is 4.90 Å². The number of hydrogen-bond donors (Lipinski definition) is 2. The molecule has 1 aliphatic carbocycles. The van der Waals surface area contributed by atoms with Crippen LogP contribution in [0.25, 0.3) is 0 Å². The van der Waals surface area contributed by atoms with Crippen molar-refractivity contribution in [2.24, 2.45) is 5.73 Å². The van der Waals surface area contributed by atoms with Crippen LogP contribution in [0.15, 0.2) is 24.3 Å². The molecule has 0 spiro atoms. The molecule has 2 rings (SSSR count). The third kappa shape index (κ3) is 3.60. The van der Waals surface area contributed by atoms with E-state index in [0.717, 1.165) is 13.0 Å². The molecule has 0 bridgehead atoms. The molecule has 2 atom stereocenters. The largest absolute Gasteiger partial charge is 0.396 e. The van der Waals surface area contributed by atoms with E-state index in [1.165, 1.54) is 30.4 Å². The minimum Gasteiger partial charge on any atom is -0.396 e. The first-order chi connectivity index (χ1) is 9.63. The van der Waals surface area contributed by atoms with E-state index in [2.05, 4.69) is 43.0 Å². The normalized spacial score (nSPS) is 18.9. The van der Waals surface area contributed by atoms with Crippen LogP contribution in [0.5, 0.6) is 0 Å². The smallest absolute Gasteiger partial charge is 0.0499 e. The molecule has 0 aromatic heterocycles. The second-order valence-electron chi connectivity index (χ2n) is 6.12. The molecule has 0 aliphatic heterocycles. The number of aliphatic hydroxyl groups is 1. The van der Waals surface area contributed by atoms with Gasteiger partial charge in [0.1, 0.15) is 0 Å². The van der Waals surface area contributed by atoms with Crippen molar-refractivity contribution in [2.75, 3.05) is 13.2 Å². The molecule has 1 aromatic carbocycles. The van der Waals surface area contributed by atoms with Gasteiger partial charge >= 0.3 is 0 Å². The van der Waals surface area contributed by atoms with E-state index < -0.39 is 0 Å². The van der Waals surface area contributed by atoms with Crippen molar-refractivity contribution in [1.29, 1.82) is 0 Å². The van der Waals surface area contributed by atoms with Gasteiger partial charge in [-0.1, -0.05) is 36.2 Å². The highest BCUT2D eigenvalue weighted by Crippen LogP contribution is 2.34. The molecule has 0 heterocycles. The molecule has 1 aromatic rings. The quantitative estimate of drug-likeness (QED) is 0.805. The summed E-state index contributed by atoms with van der Waals surface area (Å²) < 4.78 is 0. The van der Waals surface area contributed by atoms with E-state index in [4.69, 9.17) is 10.8 Å². The number of benzene rings is 1. The lowest BCUT2D eigenvalue weighted by Crippen LogP contribution is -2.48. The van der Waals surface area contributed by atoms with E-state index in [9.17, 15) is 0 Å². The van der Waals surface area contributed by atoms with Gasteiger partial charge in [0.2, 0.25) is 0 Å². The molecular weight excluding hydrogens is 248 g/mol. The van der Waals surface area contributed by atoms with Crippen molar-refractivity contribution >= 4 is 0 Å². The topological polar surface area (TPSA) is 49.5 Å². The van der Waals surface area contributed by atoms with Gasteiger partial charge in [-0.25, -0.2) is 0 Å². The predicted octanol–water partition coefficient (Wildman–Crippen LogP) is 2.62. The standard InChI is InChI=1S/C17H28N2O/c1-13-6-3-7-15(12-13)17(14(2)18)19(10-5-11-20)16-8-4-9-16/h3,6-7,12,14,16-17,20H,4-5,8-11,18H2,1-2H3. The summed E-state index contributed by atoms with van der Waals surface area (Å²) in [4.78, 5) is 2.53. The lowest BCUT2D eigenvalue weighted by Gasteiger charge is -2.44. The maximum atomic E-state index is 9.16. The molecule has 1 saturated carbocycles. The molecule has 20 heavy (non-hydrogen) atoms. The first-order valence-corrected chi connectivity index (χ1v) is 7.82. The van der Waals surface area contributed by atoms with Gasteiger partial charge in [-0.15, -0.1) is 0 Å². The number of nitrogens with two attached hydrogens (primary N) is 1. The first kappa shape index (κ1) is 15.5. The highest BCUT2D eigenvalue weighted by Gasteiger charge is 2.32. The van der Waals surface area contributed by atoms with Gasteiger partial charge in [0.15, 0.2) is 0 Å². The number of aliphatic hydroxyl groups excluding tert-OH is 1. The highest BCUT2D eigenvalue weighted by molar-refractivity contribution is 5.26. The fourth-order valence-electron chi connectivity index (χ4n) is 3.17. The van der Waals surface area contributed by atoms with Crippen LogP contribution in [0.1, 0.15) is 49.8 Å². The SMILES string of the molecule is Cc1cccc(C(C(C)N)N(CCCO)C2CCC2)c1. The summed E-state index contributed by atoms with van der Waals surface area (Å²) in [6, 6.07) is 9.67. The third-order valence-electron chi connectivity index (χ3n) is 4.36. The van der Waals surface area contributed by atoms with Crippen LogP contribution in [0.3, 0.4) is 0 Å². The van der Waals surface area contributed by atoms with Crippen LogP contribution >= 0.6 is 0 Å². The Labute approximate surface area is 122 Å². The van der Waals surface area contributed by atoms with Crippen LogP contribution in [-0.4, -0.2) is 35.2 Å². The summed E-state index contributed by atoms with van der Waals surface area (Å²) in [6.45, 7) is 5.41. The van der Waals surface area contributed by atoms with Crippen molar-refractivity contribution in [3.05, 3.63) is 35.4 Å². The van der Waals surface area contributed by atoms with Crippen LogP contribution in [-0.2, 0) is 0 Å².